The molecule has 0 atom stereocenters. The third-order valence-corrected chi connectivity index (χ3v) is 3.59. The lowest BCUT2D eigenvalue weighted by Crippen LogP contribution is -2.11. The Bertz CT molecular complexity index is 466. The lowest BCUT2D eigenvalue weighted by atomic mass is 10.2. The summed E-state index contributed by atoms with van der Waals surface area (Å²) in [6.45, 7) is 6.22. The molecular weight excluding hydrogens is 252 g/mol. The van der Waals surface area contributed by atoms with Gasteiger partial charge in [-0.1, -0.05) is 13.8 Å². The van der Waals surface area contributed by atoms with Gasteiger partial charge in [-0.3, -0.25) is 4.79 Å². The van der Waals surface area contributed by atoms with E-state index in [2.05, 4.69) is 5.32 Å². The SMILES string of the molecule is COC(=O)c1c(NCC(C)C)sc(C(C)=O)c1N. The summed E-state index contributed by atoms with van der Waals surface area (Å²) in [5.41, 5.74) is 6.29. The zero-order chi connectivity index (χ0) is 13.9. The zero-order valence-electron chi connectivity index (χ0n) is 11.0. The lowest BCUT2D eigenvalue weighted by Gasteiger charge is -2.08. The summed E-state index contributed by atoms with van der Waals surface area (Å²) >= 11 is 1.19. The van der Waals surface area contributed by atoms with Crippen LogP contribution in [0.2, 0.25) is 0 Å². The molecule has 0 aromatic carbocycles. The predicted octanol–water partition coefficient (Wildman–Crippen LogP) is 2.39. The third-order valence-electron chi connectivity index (χ3n) is 2.33. The number of hydrogen-bond donors (Lipinski definition) is 2. The van der Waals surface area contributed by atoms with E-state index < -0.39 is 5.97 Å². The van der Waals surface area contributed by atoms with E-state index in [0.29, 0.717) is 22.3 Å². The second-order valence-electron chi connectivity index (χ2n) is 4.37. The Hall–Kier alpha value is -1.56. The van der Waals surface area contributed by atoms with Gasteiger partial charge < -0.3 is 15.8 Å². The Morgan fingerprint density at radius 3 is 2.50 bits per heavy atom. The fourth-order valence-corrected chi connectivity index (χ4v) is 2.44. The molecular formula is C12H18N2O3S. The number of rotatable bonds is 5. The average Bonchev–Trinajstić information content (AvgIpc) is 2.63. The van der Waals surface area contributed by atoms with Crippen LogP contribution >= 0.6 is 11.3 Å². The smallest absolute Gasteiger partial charge is 0.343 e. The summed E-state index contributed by atoms with van der Waals surface area (Å²) in [5, 5.41) is 3.73. The first-order valence-electron chi connectivity index (χ1n) is 5.63. The number of hydrogen-bond acceptors (Lipinski definition) is 6. The molecule has 3 N–H and O–H groups in total. The Labute approximate surface area is 110 Å². The van der Waals surface area contributed by atoms with E-state index in [1.165, 1.54) is 25.4 Å². The number of esters is 1. The molecule has 0 saturated carbocycles. The summed E-state index contributed by atoms with van der Waals surface area (Å²) in [5.74, 6) is -0.262. The van der Waals surface area contributed by atoms with Crippen LogP contribution in [-0.4, -0.2) is 25.4 Å². The van der Waals surface area contributed by atoms with E-state index in [4.69, 9.17) is 10.5 Å². The molecule has 0 amide bonds. The molecule has 0 aliphatic rings. The van der Waals surface area contributed by atoms with Crippen molar-refractivity contribution in [3.05, 3.63) is 10.4 Å². The van der Waals surface area contributed by atoms with Crippen LogP contribution in [0.5, 0.6) is 0 Å². The zero-order valence-corrected chi connectivity index (χ0v) is 11.8. The van der Waals surface area contributed by atoms with Crippen molar-refractivity contribution >= 4 is 33.8 Å². The molecule has 0 aliphatic carbocycles. The molecule has 0 bridgehead atoms. The number of anilines is 2. The second kappa shape index (κ2) is 5.86. The van der Waals surface area contributed by atoms with Gasteiger partial charge in [-0.25, -0.2) is 4.79 Å². The van der Waals surface area contributed by atoms with Crippen LogP contribution < -0.4 is 11.1 Å². The molecule has 100 valence electrons. The summed E-state index contributed by atoms with van der Waals surface area (Å²) in [7, 11) is 1.29. The molecule has 0 saturated heterocycles. The molecule has 18 heavy (non-hydrogen) atoms. The number of nitrogen functional groups attached to an aromatic ring is 1. The first-order chi connectivity index (χ1) is 8.38. The van der Waals surface area contributed by atoms with Crippen molar-refractivity contribution in [2.24, 2.45) is 5.92 Å². The highest BCUT2D eigenvalue weighted by Gasteiger charge is 2.24. The van der Waals surface area contributed by atoms with Crippen molar-refractivity contribution in [3.63, 3.8) is 0 Å². The summed E-state index contributed by atoms with van der Waals surface area (Å²) in [6.07, 6.45) is 0. The van der Waals surface area contributed by atoms with E-state index in [1.807, 2.05) is 13.8 Å². The fourth-order valence-electron chi connectivity index (χ4n) is 1.43. The van der Waals surface area contributed by atoms with Gasteiger partial charge in [-0.15, -0.1) is 11.3 Å². The van der Waals surface area contributed by atoms with Gasteiger partial charge in [-0.05, 0) is 5.92 Å². The molecule has 1 aromatic heterocycles. The quantitative estimate of drug-likeness (QED) is 0.634. The minimum Gasteiger partial charge on any atom is -0.465 e. The van der Waals surface area contributed by atoms with Crippen LogP contribution in [0.1, 0.15) is 40.8 Å². The van der Waals surface area contributed by atoms with Crippen LogP contribution in [0.4, 0.5) is 10.7 Å². The van der Waals surface area contributed by atoms with Crippen LogP contribution in [0, 0.1) is 5.92 Å². The number of carbonyl (C=O) groups excluding carboxylic acids is 2. The normalized spacial score (nSPS) is 10.5. The number of carbonyl (C=O) groups is 2. The minimum atomic E-state index is -0.525. The number of ketones is 1. The Kier molecular flexibility index (Phi) is 4.72. The maximum absolute atomic E-state index is 11.7. The van der Waals surface area contributed by atoms with E-state index >= 15 is 0 Å². The third kappa shape index (κ3) is 3.01. The van der Waals surface area contributed by atoms with Gasteiger partial charge in [-0.2, -0.15) is 0 Å². The van der Waals surface area contributed by atoms with Gasteiger partial charge in [0, 0.05) is 13.5 Å². The molecule has 0 spiro atoms. The molecule has 0 unspecified atom stereocenters. The minimum absolute atomic E-state index is 0.153. The molecule has 0 aliphatic heterocycles. The van der Waals surface area contributed by atoms with Gasteiger partial charge in [0.25, 0.3) is 0 Å². The Morgan fingerprint density at radius 2 is 2.06 bits per heavy atom. The maximum atomic E-state index is 11.7. The number of methoxy groups -OCH3 is 1. The van der Waals surface area contributed by atoms with Crippen molar-refractivity contribution in [3.8, 4) is 0 Å². The lowest BCUT2D eigenvalue weighted by molar-refractivity contribution is 0.0603. The van der Waals surface area contributed by atoms with Crippen molar-refractivity contribution in [2.45, 2.75) is 20.8 Å². The second-order valence-corrected chi connectivity index (χ2v) is 5.39. The van der Waals surface area contributed by atoms with Gasteiger partial charge in [0.05, 0.1) is 17.7 Å². The van der Waals surface area contributed by atoms with Crippen LogP contribution in [-0.2, 0) is 4.74 Å². The number of nitrogens with two attached hydrogens (primary N) is 1. The standard InChI is InChI=1S/C12H18N2O3S/c1-6(2)5-14-11-8(12(16)17-4)9(13)10(18-11)7(3)15/h6,14H,5,13H2,1-4H3. The van der Waals surface area contributed by atoms with E-state index in [9.17, 15) is 9.59 Å². The fraction of sp³-hybridized carbons (Fsp3) is 0.500. The molecule has 0 fully saturated rings. The highest BCUT2D eigenvalue weighted by molar-refractivity contribution is 7.19. The van der Waals surface area contributed by atoms with Gasteiger partial charge in [0.2, 0.25) is 0 Å². The highest BCUT2D eigenvalue weighted by atomic mass is 32.1. The Balaban J connectivity index is 3.17. The highest BCUT2D eigenvalue weighted by Crippen LogP contribution is 2.36. The van der Waals surface area contributed by atoms with Gasteiger partial charge >= 0.3 is 5.97 Å². The van der Waals surface area contributed by atoms with Gasteiger partial charge in [0.1, 0.15) is 10.6 Å². The van der Waals surface area contributed by atoms with Crippen molar-refractivity contribution < 1.29 is 14.3 Å². The monoisotopic (exact) mass is 270 g/mol. The van der Waals surface area contributed by atoms with Crippen LogP contribution in [0.25, 0.3) is 0 Å². The van der Waals surface area contributed by atoms with E-state index in [1.54, 1.807) is 0 Å². The molecule has 5 nitrogen and oxygen atoms in total. The number of thiophene rings is 1. The molecule has 6 heteroatoms. The first-order valence-corrected chi connectivity index (χ1v) is 6.45. The average molecular weight is 270 g/mol. The largest absolute Gasteiger partial charge is 0.465 e. The molecule has 0 radical (unpaired) electrons. The number of ether oxygens (including phenoxy) is 1. The summed E-state index contributed by atoms with van der Waals surface area (Å²) < 4.78 is 4.69. The topological polar surface area (TPSA) is 81.4 Å². The van der Waals surface area contributed by atoms with Crippen LogP contribution in [0.3, 0.4) is 0 Å². The van der Waals surface area contributed by atoms with Gasteiger partial charge in [0.15, 0.2) is 5.78 Å². The Morgan fingerprint density at radius 1 is 1.44 bits per heavy atom. The van der Waals surface area contributed by atoms with E-state index in [-0.39, 0.29) is 17.0 Å². The van der Waals surface area contributed by atoms with E-state index in [0.717, 1.165) is 0 Å². The molecule has 1 heterocycles. The maximum Gasteiger partial charge on any atom is 0.343 e. The predicted molar refractivity (Wildman–Crippen MR) is 73.4 cm³/mol. The van der Waals surface area contributed by atoms with Crippen molar-refractivity contribution in [2.75, 3.05) is 24.7 Å². The van der Waals surface area contributed by atoms with Crippen molar-refractivity contribution in [1.82, 2.24) is 0 Å². The van der Waals surface area contributed by atoms with Crippen LogP contribution in [0.15, 0.2) is 0 Å². The van der Waals surface area contributed by atoms with Crippen molar-refractivity contribution in [1.29, 1.82) is 0 Å². The molecule has 1 rings (SSSR count). The number of nitrogens with one attached hydrogen (secondary N) is 1. The summed E-state index contributed by atoms with van der Waals surface area (Å²) in [4.78, 5) is 23.5. The number of Topliss-reactive ketones (excluding diaryl/α,β-unsaturated/α-hetero) is 1. The first kappa shape index (κ1) is 14.5. The summed E-state index contributed by atoms with van der Waals surface area (Å²) in [6, 6.07) is 0. The molecule has 1 aromatic rings.